The second-order valence-corrected chi connectivity index (χ2v) is 5.59. The molecule has 0 spiro atoms. The first kappa shape index (κ1) is 13.6. The highest BCUT2D eigenvalue weighted by molar-refractivity contribution is 5.28. The fourth-order valence-corrected chi connectivity index (χ4v) is 2.93. The van der Waals surface area contributed by atoms with Gasteiger partial charge in [-0.15, -0.1) is 0 Å². The molecule has 1 saturated carbocycles. The van der Waals surface area contributed by atoms with Crippen LogP contribution in [0.1, 0.15) is 62.0 Å². The van der Waals surface area contributed by atoms with Crippen LogP contribution < -0.4 is 5.73 Å². The summed E-state index contributed by atoms with van der Waals surface area (Å²) >= 11 is 0. The molecule has 0 saturated heterocycles. The first-order valence-electron chi connectivity index (χ1n) is 7.20. The molecule has 1 aliphatic rings. The van der Waals surface area contributed by atoms with Gasteiger partial charge in [0.1, 0.15) is 0 Å². The Balaban J connectivity index is 2.04. The minimum Gasteiger partial charge on any atom is -0.391 e. The van der Waals surface area contributed by atoms with E-state index in [1.165, 1.54) is 43.2 Å². The molecule has 0 heterocycles. The summed E-state index contributed by atoms with van der Waals surface area (Å²) in [5, 5.41) is 9.77. The molecular weight excluding hydrogens is 222 g/mol. The van der Waals surface area contributed by atoms with Crippen molar-refractivity contribution >= 4 is 0 Å². The lowest BCUT2D eigenvalue weighted by molar-refractivity contribution is 0.157. The number of rotatable bonds is 4. The van der Waals surface area contributed by atoms with Crippen molar-refractivity contribution in [3.05, 3.63) is 35.4 Å². The zero-order valence-corrected chi connectivity index (χ0v) is 11.3. The Morgan fingerprint density at radius 3 is 2.33 bits per heavy atom. The molecule has 0 radical (unpaired) electrons. The van der Waals surface area contributed by atoms with Crippen molar-refractivity contribution in [1.82, 2.24) is 0 Å². The maximum atomic E-state index is 9.77. The average Bonchev–Trinajstić information content (AvgIpc) is 2.47. The fourth-order valence-electron chi connectivity index (χ4n) is 2.93. The summed E-state index contributed by atoms with van der Waals surface area (Å²) in [5.41, 5.74) is 8.16. The third-order valence-electron chi connectivity index (χ3n) is 4.36. The number of aliphatic hydroxyl groups is 1. The summed E-state index contributed by atoms with van der Waals surface area (Å²) in [6.07, 6.45) is 6.36. The number of benzene rings is 1. The minimum atomic E-state index is -0.439. The molecule has 2 heteroatoms. The van der Waals surface area contributed by atoms with Gasteiger partial charge in [-0.05, 0) is 29.9 Å². The Morgan fingerprint density at radius 2 is 1.78 bits per heavy atom. The Morgan fingerprint density at radius 1 is 1.17 bits per heavy atom. The van der Waals surface area contributed by atoms with Crippen LogP contribution in [0.25, 0.3) is 0 Å². The Hall–Kier alpha value is -0.860. The molecule has 2 atom stereocenters. The summed E-state index contributed by atoms with van der Waals surface area (Å²) in [4.78, 5) is 0. The molecule has 3 N–H and O–H groups in total. The molecule has 1 aromatic rings. The molecule has 2 unspecified atom stereocenters. The van der Waals surface area contributed by atoms with E-state index in [9.17, 15) is 5.11 Å². The molecule has 0 aromatic heterocycles. The third-order valence-corrected chi connectivity index (χ3v) is 4.36. The van der Waals surface area contributed by atoms with Gasteiger partial charge in [-0.2, -0.15) is 0 Å². The normalized spacial score (nSPS) is 20.6. The Labute approximate surface area is 110 Å². The van der Waals surface area contributed by atoms with Crippen LogP contribution in [0.4, 0.5) is 0 Å². The van der Waals surface area contributed by atoms with E-state index < -0.39 is 6.10 Å². The minimum absolute atomic E-state index is 0.121. The lowest BCUT2D eigenvalue weighted by Crippen LogP contribution is -2.25. The number of hydrogen-bond donors (Lipinski definition) is 2. The third kappa shape index (κ3) is 3.12. The lowest BCUT2D eigenvalue weighted by Gasteiger charge is -2.23. The van der Waals surface area contributed by atoms with E-state index >= 15 is 0 Å². The molecule has 100 valence electrons. The topological polar surface area (TPSA) is 46.2 Å². The van der Waals surface area contributed by atoms with Gasteiger partial charge in [0.15, 0.2) is 0 Å². The quantitative estimate of drug-likeness (QED) is 0.858. The second kappa shape index (κ2) is 6.35. The molecule has 1 aromatic carbocycles. The van der Waals surface area contributed by atoms with Crippen LogP contribution in [0.15, 0.2) is 24.3 Å². The maximum absolute atomic E-state index is 9.77. The van der Waals surface area contributed by atoms with Gasteiger partial charge in [-0.1, -0.05) is 50.5 Å². The molecule has 2 nitrogen and oxygen atoms in total. The van der Waals surface area contributed by atoms with Gasteiger partial charge in [0, 0.05) is 12.5 Å². The van der Waals surface area contributed by atoms with Crippen LogP contribution in [0.2, 0.25) is 0 Å². The maximum Gasteiger partial charge on any atom is 0.0728 e. The lowest BCUT2D eigenvalue weighted by atomic mass is 9.83. The summed E-state index contributed by atoms with van der Waals surface area (Å²) < 4.78 is 0. The molecule has 1 aliphatic carbocycles. The zero-order chi connectivity index (χ0) is 13.0. The van der Waals surface area contributed by atoms with Gasteiger partial charge in [0.25, 0.3) is 0 Å². The molecule has 1 fully saturated rings. The summed E-state index contributed by atoms with van der Waals surface area (Å²) in [5.74, 6) is 0.873. The van der Waals surface area contributed by atoms with Crippen LogP contribution in [0, 0.1) is 0 Å². The second-order valence-electron chi connectivity index (χ2n) is 5.59. The van der Waals surface area contributed by atoms with Crippen LogP contribution >= 0.6 is 0 Å². The smallest absolute Gasteiger partial charge is 0.0728 e. The number of aliphatic hydroxyl groups excluding tert-OH is 1. The van der Waals surface area contributed by atoms with E-state index in [-0.39, 0.29) is 5.92 Å². The molecule has 0 amide bonds. The van der Waals surface area contributed by atoms with Crippen molar-refractivity contribution < 1.29 is 5.11 Å². The van der Waals surface area contributed by atoms with Crippen LogP contribution in [0.5, 0.6) is 0 Å². The summed E-state index contributed by atoms with van der Waals surface area (Å²) in [7, 11) is 0. The van der Waals surface area contributed by atoms with Gasteiger partial charge in [-0.3, -0.25) is 0 Å². The van der Waals surface area contributed by atoms with Gasteiger partial charge in [0.2, 0.25) is 0 Å². The van der Waals surface area contributed by atoms with E-state index in [0.29, 0.717) is 6.54 Å². The van der Waals surface area contributed by atoms with Gasteiger partial charge < -0.3 is 10.8 Å². The van der Waals surface area contributed by atoms with Crippen LogP contribution in [-0.4, -0.2) is 17.8 Å². The molecule has 18 heavy (non-hydrogen) atoms. The number of hydrogen-bond acceptors (Lipinski definition) is 2. The van der Waals surface area contributed by atoms with Crippen molar-refractivity contribution in [2.45, 2.75) is 57.0 Å². The predicted octanol–water partition coefficient (Wildman–Crippen LogP) is 3.16. The van der Waals surface area contributed by atoms with Crippen molar-refractivity contribution in [3.8, 4) is 0 Å². The summed E-state index contributed by atoms with van der Waals surface area (Å²) in [6.45, 7) is 2.36. The van der Waals surface area contributed by atoms with E-state index in [1.54, 1.807) is 0 Å². The fraction of sp³-hybridized carbons (Fsp3) is 0.625. The standard InChI is InChI=1S/C16H25NO/c1-12(16(18)11-17)13-7-9-15(10-8-13)14-5-3-2-4-6-14/h7-10,12,14,16,18H,2-6,11,17H2,1H3. The molecule has 2 rings (SSSR count). The zero-order valence-electron chi connectivity index (χ0n) is 11.3. The van der Waals surface area contributed by atoms with Crippen molar-refractivity contribution in [2.24, 2.45) is 5.73 Å². The van der Waals surface area contributed by atoms with E-state index in [2.05, 4.69) is 24.3 Å². The van der Waals surface area contributed by atoms with Crippen molar-refractivity contribution in [3.63, 3.8) is 0 Å². The van der Waals surface area contributed by atoms with Crippen molar-refractivity contribution in [2.75, 3.05) is 6.54 Å². The van der Waals surface area contributed by atoms with E-state index in [1.807, 2.05) is 6.92 Å². The average molecular weight is 247 g/mol. The van der Waals surface area contributed by atoms with E-state index in [0.717, 1.165) is 5.92 Å². The highest BCUT2D eigenvalue weighted by atomic mass is 16.3. The van der Waals surface area contributed by atoms with Gasteiger partial charge in [-0.25, -0.2) is 0 Å². The molecule has 0 bridgehead atoms. The largest absolute Gasteiger partial charge is 0.391 e. The monoisotopic (exact) mass is 247 g/mol. The predicted molar refractivity (Wildman–Crippen MR) is 75.7 cm³/mol. The first-order valence-corrected chi connectivity index (χ1v) is 7.20. The molecule has 0 aliphatic heterocycles. The van der Waals surface area contributed by atoms with E-state index in [4.69, 9.17) is 5.73 Å². The first-order chi connectivity index (χ1) is 8.72. The summed E-state index contributed by atoms with van der Waals surface area (Å²) in [6, 6.07) is 8.80. The Kier molecular flexibility index (Phi) is 4.79. The van der Waals surface area contributed by atoms with Crippen LogP contribution in [0.3, 0.4) is 0 Å². The van der Waals surface area contributed by atoms with Crippen molar-refractivity contribution in [1.29, 1.82) is 0 Å². The highest BCUT2D eigenvalue weighted by Gasteiger charge is 2.17. The van der Waals surface area contributed by atoms with Gasteiger partial charge >= 0.3 is 0 Å². The van der Waals surface area contributed by atoms with Gasteiger partial charge in [0.05, 0.1) is 6.10 Å². The molecular formula is C16H25NO. The highest BCUT2D eigenvalue weighted by Crippen LogP contribution is 2.33. The SMILES string of the molecule is CC(c1ccc(C2CCCCC2)cc1)C(O)CN. The Bertz CT molecular complexity index is 333. The van der Waals surface area contributed by atoms with Crippen LogP contribution in [-0.2, 0) is 0 Å². The number of nitrogens with two attached hydrogens (primary N) is 1.